The van der Waals surface area contributed by atoms with Gasteiger partial charge in [0.15, 0.2) is 0 Å². The van der Waals surface area contributed by atoms with Crippen molar-refractivity contribution in [2.24, 2.45) is 0 Å². The van der Waals surface area contributed by atoms with Crippen molar-refractivity contribution in [3.8, 4) is 11.8 Å². The number of aliphatic carboxylic acids is 1. The normalized spacial score (nSPS) is 9.50. The Balaban J connectivity index is 2.97. The van der Waals surface area contributed by atoms with Crippen LogP contribution in [-0.4, -0.2) is 17.4 Å². The predicted octanol–water partition coefficient (Wildman–Crippen LogP) is 1.72. The lowest BCUT2D eigenvalue weighted by Crippen LogP contribution is -1.87. The summed E-state index contributed by atoms with van der Waals surface area (Å²) >= 11 is 0. The van der Waals surface area contributed by atoms with Gasteiger partial charge in [-0.3, -0.25) is 0 Å². The van der Waals surface area contributed by atoms with Crippen molar-refractivity contribution in [3.63, 3.8) is 0 Å². The molecule has 0 aliphatic heterocycles. The zero-order valence-corrected chi connectivity index (χ0v) is 8.51. The van der Waals surface area contributed by atoms with Crippen molar-refractivity contribution in [1.82, 2.24) is 0 Å². The summed E-state index contributed by atoms with van der Waals surface area (Å²) in [6.45, 7) is 0. The molecule has 0 bridgehead atoms. The van der Waals surface area contributed by atoms with Gasteiger partial charge in [-0.05, 0) is 17.7 Å². The van der Waals surface area contributed by atoms with E-state index in [2.05, 4.69) is 11.8 Å². The van der Waals surface area contributed by atoms with Crippen LogP contribution in [-0.2, 0) is 9.59 Å². The van der Waals surface area contributed by atoms with E-state index in [0.717, 1.165) is 17.9 Å². The Bertz CT molecular complexity index is 475. The minimum Gasteiger partial charge on any atom is -0.478 e. The smallest absolute Gasteiger partial charge is 0.328 e. The van der Waals surface area contributed by atoms with E-state index >= 15 is 0 Å². The second-order valence-electron chi connectivity index (χ2n) is 2.93. The fraction of sp³-hybridized carbons (Fsp3) is 0.0769. The van der Waals surface area contributed by atoms with E-state index < -0.39 is 5.97 Å². The first kappa shape index (κ1) is 11.7. The van der Waals surface area contributed by atoms with E-state index in [1.54, 1.807) is 18.2 Å². The van der Waals surface area contributed by atoms with Crippen molar-refractivity contribution in [3.05, 3.63) is 41.5 Å². The van der Waals surface area contributed by atoms with Gasteiger partial charge in [-0.2, -0.15) is 0 Å². The van der Waals surface area contributed by atoms with Gasteiger partial charge in [-0.25, -0.2) is 4.79 Å². The van der Waals surface area contributed by atoms with Crippen LogP contribution < -0.4 is 0 Å². The molecule has 1 N–H and O–H groups in total. The van der Waals surface area contributed by atoms with Gasteiger partial charge >= 0.3 is 5.97 Å². The van der Waals surface area contributed by atoms with Crippen molar-refractivity contribution in [2.45, 2.75) is 6.42 Å². The van der Waals surface area contributed by atoms with E-state index in [1.807, 2.05) is 6.07 Å². The molecule has 3 nitrogen and oxygen atoms in total. The molecule has 80 valence electrons. The summed E-state index contributed by atoms with van der Waals surface area (Å²) in [4.78, 5) is 20.5. The van der Waals surface area contributed by atoms with Crippen LogP contribution in [0.15, 0.2) is 30.3 Å². The van der Waals surface area contributed by atoms with Gasteiger partial charge in [-0.15, -0.1) is 0 Å². The van der Waals surface area contributed by atoms with Crippen molar-refractivity contribution >= 4 is 18.3 Å². The molecule has 1 aromatic rings. The quantitative estimate of drug-likeness (QED) is 0.473. The molecular weight excluding hydrogens is 204 g/mol. The Morgan fingerprint density at radius 1 is 1.38 bits per heavy atom. The highest BCUT2D eigenvalue weighted by Crippen LogP contribution is 2.09. The molecule has 0 amide bonds. The summed E-state index contributed by atoms with van der Waals surface area (Å²) in [5.74, 6) is 4.49. The molecule has 0 spiro atoms. The molecule has 0 unspecified atom stereocenters. The number of carbonyl (C=O) groups excluding carboxylic acids is 1. The zero-order chi connectivity index (χ0) is 11.8. The topological polar surface area (TPSA) is 54.4 Å². The number of carboxylic acids is 1. The van der Waals surface area contributed by atoms with E-state index in [4.69, 9.17) is 5.11 Å². The molecule has 0 atom stereocenters. The first-order valence-corrected chi connectivity index (χ1v) is 4.66. The Kier molecular flexibility index (Phi) is 4.55. The van der Waals surface area contributed by atoms with Gasteiger partial charge in [0.25, 0.3) is 0 Å². The van der Waals surface area contributed by atoms with Crippen LogP contribution in [0.2, 0.25) is 0 Å². The Morgan fingerprint density at radius 3 is 2.81 bits per heavy atom. The third kappa shape index (κ3) is 3.81. The van der Waals surface area contributed by atoms with Crippen LogP contribution in [0.4, 0.5) is 0 Å². The SMILES string of the molecule is O=CCC#Cc1ccccc1/C=C/C(=O)O. The summed E-state index contributed by atoms with van der Waals surface area (Å²) in [6.07, 6.45) is 3.44. The number of rotatable bonds is 3. The standard InChI is InChI=1S/C13H10O3/c14-10-4-3-7-11-5-1-2-6-12(11)8-9-13(15)16/h1-2,5-6,8-10H,4H2,(H,15,16)/b9-8+. The van der Waals surface area contributed by atoms with Crippen molar-refractivity contribution in [1.29, 1.82) is 0 Å². The van der Waals surface area contributed by atoms with Gasteiger partial charge in [0, 0.05) is 11.6 Å². The van der Waals surface area contributed by atoms with E-state index in [0.29, 0.717) is 5.56 Å². The lowest BCUT2D eigenvalue weighted by atomic mass is 10.1. The summed E-state index contributed by atoms with van der Waals surface area (Å²) in [6, 6.07) is 7.15. The van der Waals surface area contributed by atoms with Gasteiger partial charge < -0.3 is 9.90 Å². The second-order valence-corrected chi connectivity index (χ2v) is 2.93. The predicted molar refractivity (Wildman–Crippen MR) is 60.7 cm³/mol. The third-order valence-corrected chi connectivity index (χ3v) is 1.77. The molecule has 0 aliphatic rings. The number of carbonyl (C=O) groups is 2. The molecule has 1 rings (SSSR count). The number of benzene rings is 1. The van der Waals surface area contributed by atoms with Crippen molar-refractivity contribution < 1.29 is 14.7 Å². The van der Waals surface area contributed by atoms with Crippen LogP contribution in [0.3, 0.4) is 0 Å². The minimum atomic E-state index is -1.00. The van der Waals surface area contributed by atoms with Gasteiger partial charge in [0.05, 0.1) is 6.42 Å². The summed E-state index contributed by atoms with van der Waals surface area (Å²) in [5.41, 5.74) is 1.44. The summed E-state index contributed by atoms with van der Waals surface area (Å²) in [7, 11) is 0. The fourth-order valence-corrected chi connectivity index (χ4v) is 1.11. The Hall–Kier alpha value is -2.34. The molecule has 0 aliphatic carbocycles. The molecule has 0 aromatic heterocycles. The van der Waals surface area contributed by atoms with Crippen LogP contribution in [0.1, 0.15) is 17.5 Å². The van der Waals surface area contributed by atoms with Crippen LogP contribution >= 0.6 is 0 Å². The highest BCUT2D eigenvalue weighted by Gasteiger charge is 1.95. The lowest BCUT2D eigenvalue weighted by molar-refractivity contribution is -0.131. The maximum absolute atomic E-state index is 10.4. The number of aldehydes is 1. The summed E-state index contributed by atoms with van der Waals surface area (Å²) < 4.78 is 0. The second kappa shape index (κ2) is 6.20. The van der Waals surface area contributed by atoms with Crippen LogP contribution in [0.5, 0.6) is 0 Å². The lowest BCUT2D eigenvalue weighted by Gasteiger charge is -1.96. The molecule has 0 saturated heterocycles. The van der Waals surface area contributed by atoms with E-state index in [-0.39, 0.29) is 6.42 Å². The average molecular weight is 214 g/mol. The molecule has 16 heavy (non-hydrogen) atoms. The first-order chi connectivity index (χ1) is 7.74. The maximum Gasteiger partial charge on any atom is 0.328 e. The minimum absolute atomic E-state index is 0.178. The highest BCUT2D eigenvalue weighted by molar-refractivity contribution is 5.85. The number of hydrogen-bond donors (Lipinski definition) is 1. The zero-order valence-electron chi connectivity index (χ0n) is 8.51. The van der Waals surface area contributed by atoms with Crippen LogP contribution in [0, 0.1) is 11.8 Å². The first-order valence-electron chi connectivity index (χ1n) is 4.66. The molecule has 0 heterocycles. The summed E-state index contributed by atoms with van der Waals surface area (Å²) in [5, 5.41) is 8.51. The molecule has 0 fully saturated rings. The van der Waals surface area contributed by atoms with Crippen LogP contribution in [0.25, 0.3) is 6.08 Å². The Morgan fingerprint density at radius 2 is 2.12 bits per heavy atom. The number of hydrogen-bond acceptors (Lipinski definition) is 2. The fourth-order valence-electron chi connectivity index (χ4n) is 1.11. The van der Waals surface area contributed by atoms with E-state index in [9.17, 15) is 9.59 Å². The maximum atomic E-state index is 10.4. The molecule has 1 aromatic carbocycles. The highest BCUT2D eigenvalue weighted by atomic mass is 16.4. The molecule has 3 heteroatoms. The van der Waals surface area contributed by atoms with Gasteiger partial charge in [0.2, 0.25) is 0 Å². The van der Waals surface area contributed by atoms with Gasteiger partial charge in [0.1, 0.15) is 6.29 Å². The largest absolute Gasteiger partial charge is 0.478 e. The van der Waals surface area contributed by atoms with Gasteiger partial charge in [-0.1, -0.05) is 30.0 Å². The molecular formula is C13H10O3. The monoisotopic (exact) mass is 214 g/mol. The Labute approximate surface area is 93.4 Å². The van der Waals surface area contributed by atoms with Crippen molar-refractivity contribution in [2.75, 3.05) is 0 Å². The van der Waals surface area contributed by atoms with E-state index in [1.165, 1.54) is 6.08 Å². The molecule has 0 radical (unpaired) electrons. The average Bonchev–Trinajstić information content (AvgIpc) is 2.28. The molecule has 0 saturated carbocycles. The number of carboxylic acid groups (broad SMARTS) is 1. The third-order valence-electron chi connectivity index (χ3n) is 1.77.